The number of nitrogens with two attached hydrogens (primary N) is 1. The molecule has 0 fully saturated rings. The van der Waals surface area contributed by atoms with E-state index in [1.807, 2.05) is 0 Å². The molecule has 3 N–H and O–H groups in total. The van der Waals surface area contributed by atoms with Gasteiger partial charge in [0.05, 0.1) is 18.1 Å². The molecule has 0 aliphatic rings. The molecule has 0 spiro atoms. The van der Waals surface area contributed by atoms with Crippen LogP contribution in [0.15, 0.2) is 24.3 Å². The molecule has 22 heavy (non-hydrogen) atoms. The highest BCUT2D eigenvalue weighted by molar-refractivity contribution is 5.97. The molecule has 1 aromatic rings. The van der Waals surface area contributed by atoms with Gasteiger partial charge in [0.25, 0.3) is 5.91 Å². The zero-order chi connectivity index (χ0) is 16.7. The number of hydrogen-bond acceptors (Lipinski definition) is 4. The Kier molecular flexibility index (Phi) is 6.49. The van der Waals surface area contributed by atoms with E-state index in [0.29, 0.717) is 0 Å². The number of esters is 1. The summed E-state index contributed by atoms with van der Waals surface area (Å²) in [5.41, 5.74) is 5.03. The molecule has 2 amide bonds. The monoisotopic (exact) mass is 310 g/mol. The van der Waals surface area contributed by atoms with Crippen molar-refractivity contribution < 1.29 is 23.5 Å². The molecular weight excluding hydrogens is 291 g/mol. The van der Waals surface area contributed by atoms with Crippen molar-refractivity contribution in [1.82, 2.24) is 5.32 Å². The maximum atomic E-state index is 13.5. The van der Waals surface area contributed by atoms with E-state index in [0.717, 1.165) is 6.07 Å². The lowest BCUT2D eigenvalue weighted by molar-refractivity contribution is -0.147. The third kappa shape index (κ3) is 4.83. The van der Waals surface area contributed by atoms with Crippen molar-refractivity contribution in [3.05, 3.63) is 35.6 Å². The first-order valence-electron chi connectivity index (χ1n) is 6.88. The van der Waals surface area contributed by atoms with Crippen LogP contribution in [0, 0.1) is 11.7 Å². The molecular formula is C15H19FN2O4. The number of hydrogen-bond donors (Lipinski definition) is 2. The molecule has 120 valence electrons. The van der Waals surface area contributed by atoms with Crippen molar-refractivity contribution in [3.8, 4) is 0 Å². The van der Waals surface area contributed by atoms with Gasteiger partial charge in [0.2, 0.25) is 5.91 Å². The third-order valence-corrected chi connectivity index (χ3v) is 3.05. The van der Waals surface area contributed by atoms with Crippen LogP contribution >= 0.6 is 0 Å². The number of halogens is 1. The lowest BCUT2D eigenvalue weighted by Crippen LogP contribution is -2.46. The van der Waals surface area contributed by atoms with Crippen molar-refractivity contribution in [2.75, 3.05) is 6.61 Å². The Morgan fingerprint density at radius 2 is 1.95 bits per heavy atom. The first-order valence-corrected chi connectivity index (χ1v) is 6.88. The molecule has 1 aromatic carbocycles. The number of carbonyl (C=O) groups excluding carboxylic acids is 3. The van der Waals surface area contributed by atoms with Crippen LogP contribution in [-0.4, -0.2) is 30.4 Å². The van der Waals surface area contributed by atoms with Gasteiger partial charge in [-0.1, -0.05) is 19.1 Å². The highest BCUT2D eigenvalue weighted by Crippen LogP contribution is 2.11. The van der Waals surface area contributed by atoms with E-state index in [1.165, 1.54) is 18.2 Å². The van der Waals surface area contributed by atoms with Crippen LogP contribution < -0.4 is 11.1 Å². The Labute approximate surface area is 127 Å². The first kappa shape index (κ1) is 17.6. The van der Waals surface area contributed by atoms with Gasteiger partial charge in [0.15, 0.2) is 0 Å². The summed E-state index contributed by atoms with van der Waals surface area (Å²) in [6, 6.07) is 4.28. The number of ether oxygens (including phenoxy) is 1. The predicted octanol–water partition coefficient (Wildman–Crippen LogP) is 0.999. The highest BCUT2D eigenvalue weighted by atomic mass is 19.1. The molecule has 6 nitrogen and oxygen atoms in total. The summed E-state index contributed by atoms with van der Waals surface area (Å²) in [6.07, 6.45) is -0.0195. The van der Waals surface area contributed by atoms with Crippen molar-refractivity contribution in [1.29, 1.82) is 0 Å². The van der Waals surface area contributed by atoms with E-state index < -0.39 is 35.6 Å². The SMILES string of the molecule is CCOC(=O)[C@H](C)C[C@@H](NC(=O)c1ccccc1F)C(N)=O. The predicted molar refractivity (Wildman–Crippen MR) is 77.3 cm³/mol. The van der Waals surface area contributed by atoms with E-state index >= 15 is 0 Å². The van der Waals surface area contributed by atoms with Gasteiger partial charge in [-0.2, -0.15) is 0 Å². The Morgan fingerprint density at radius 3 is 2.50 bits per heavy atom. The second-order valence-corrected chi connectivity index (χ2v) is 4.80. The topological polar surface area (TPSA) is 98.5 Å². The van der Waals surface area contributed by atoms with Crippen LogP contribution in [0.5, 0.6) is 0 Å². The summed E-state index contributed by atoms with van der Waals surface area (Å²) in [4.78, 5) is 35.0. The number of carbonyl (C=O) groups is 3. The average molecular weight is 310 g/mol. The fourth-order valence-corrected chi connectivity index (χ4v) is 1.86. The fraction of sp³-hybridized carbons (Fsp3) is 0.400. The Balaban J connectivity index is 2.77. The standard InChI is InChI=1S/C15H19FN2O4/c1-3-22-15(21)9(2)8-12(13(17)19)18-14(20)10-6-4-5-7-11(10)16/h4-7,9,12H,3,8H2,1-2H3,(H2,17,19)(H,18,20)/t9-,12-/m1/s1. The summed E-state index contributed by atoms with van der Waals surface area (Å²) >= 11 is 0. The molecule has 7 heteroatoms. The zero-order valence-electron chi connectivity index (χ0n) is 12.5. The van der Waals surface area contributed by atoms with Crippen molar-refractivity contribution in [2.24, 2.45) is 11.7 Å². The largest absolute Gasteiger partial charge is 0.466 e. The Morgan fingerprint density at radius 1 is 1.32 bits per heavy atom. The molecule has 0 unspecified atom stereocenters. The van der Waals surface area contributed by atoms with Gasteiger partial charge in [-0.3, -0.25) is 14.4 Å². The van der Waals surface area contributed by atoms with Gasteiger partial charge in [0.1, 0.15) is 11.9 Å². The number of benzene rings is 1. The highest BCUT2D eigenvalue weighted by Gasteiger charge is 2.26. The number of amides is 2. The normalized spacial score (nSPS) is 13.0. The summed E-state index contributed by atoms with van der Waals surface area (Å²) in [6.45, 7) is 3.44. The van der Waals surface area contributed by atoms with Gasteiger partial charge < -0.3 is 15.8 Å². The minimum absolute atomic E-state index is 0.0195. The van der Waals surface area contributed by atoms with E-state index in [4.69, 9.17) is 10.5 Å². The van der Waals surface area contributed by atoms with Crippen LogP contribution in [-0.2, 0) is 14.3 Å². The number of primary amides is 1. The molecule has 2 atom stereocenters. The van der Waals surface area contributed by atoms with Crippen LogP contribution in [0.25, 0.3) is 0 Å². The maximum absolute atomic E-state index is 13.5. The van der Waals surface area contributed by atoms with Gasteiger partial charge >= 0.3 is 5.97 Å². The summed E-state index contributed by atoms with van der Waals surface area (Å²) in [5, 5.41) is 2.34. The second kappa shape index (κ2) is 8.11. The van der Waals surface area contributed by atoms with Crippen molar-refractivity contribution >= 4 is 17.8 Å². The van der Waals surface area contributed by atoms with Crippen molar-refractivity contribution in [3.63, 3.8) is 0 Å². The van der Waals surface area contributed by atoms with E-state index in [9.17, 15) is 18.8 Å². The summed E-state index contributed by atoms with van der Waals surface area (Å²) in [7, 11) is 0. The van der Waals surface area contributed by atoms with Crippen LogP contribution in [0.3, 0.4) is 0 Å². The quantitative estimate of drug-likeness (QED) is 0.734. The molecule has 0 aromatic heterocycles. The minimum Gasteiger partial charge on any atom is -0.466 e. The first-order chi connectivity index (χ1) is 10.4. The molecule has 0 heterocycles. The molecule has 0 aliphatic carbocycles. The third-order valence-electron chi connectivity index (χ3n) is 3.05. The van der Waals surface area contributed by atoms with E-state index in [2.05, 4.69) is 5.32 Å². The summed E-state index contributed by atoms with van der Waals surface area (Å²) < 4.78 is 18.4. The van der Waals surface area contributed by atoms with Gasteiger partial charge in [-0.15, -0.1) is 0 Å². The van der Waals surface area contributed by atoms with Crippen LogP contribution in [0.1, 0.15) is 30.6 Å². The Hall–Kier alpha value is -2.44. The van der Waals surface area contributed by atoms with Crippen LogP contribution in [0.4, 0.5) is 4.39 Å². The lowest BCUT2D eigenvalue weighted by Gasteiger charge is -2.19. The maximum Gasteiger partial charge on any atom is 0.308 e. The lowest BCUT2D eigenvalue weighted by atomic mass is 10.0. The van der Waals surface area contributed by atoms with Crippen molar-refractivity contribution in [2.45, 2.75) is 26.3 Å². The van der Waals surface area contributed by atoms with Gasteiger partial charge in [-0.25, -0.2) is 4.39 Å². The molecule has 1 rings (SSSR count). The second-order valence-electron chi connectivity index (χ2n) is 4.80. The summed E-state index contributed by atoms with van der Waals surface area (Å²) in [5.74, 6) is -3.40. The number of nitrogens with one attached hydrogen (secondary N) is 1. The molecule has 0 bridgehead atoms. The fourth-order valence-electron chi connectivity index (χ4n) is 1.86. The Bertz CT molecular complexity index is 562. The van der Waals surface area contributed by atoms with E-state index in [-0.39, 0.29) is 18.6 Å². The van der Waals surface area contributed by atoms with Gasteiger partial charge in [0, 0.05) is 0 Å². The van der Waals surface area contributed by atoms with Gasteiger partial charge in [-0.05, 0) is 25.5 Å². The van der Waals surface area contributed by atoms with Crippen LogP contribution in [0.2, 0.25) is 0 Å². The molecule has 0 aliphatic heterocycles. The molecule has 0 radical (unpaired) electrons. The zero-order valence-corrected chi connectivity index (χ0v) is 12.5. The number of rotatable bonds is 7. The van der Waals surface area contributed by atoms with E-state index in [1.54, 1.807) is 13.8 Å². The molecule has 0 saturated carbocycles. The average Bonchev–Trinajstić information content (AvgIpc) is 2.46. The minimum atomic E-state index is -1.09. The smallest absolute Gasteiger partial charge is 0.308 e. The molecule has 0 saturated heterocycles.